The Bertz CT molecular complexity index is 937. The van der Waals surface area contributed by atoms with Crippen LogP contribution in [0.2, 0.25) is 0 Å². The van der Waals surface area contributed by atoms with Gasteiger partial charge in [0, 0.05) is 55.3 Å². The lowest BCUT2D eigenvalue weighted by Gasteiger charge is -2.45. The number of amides is 1. The van der Waals surface area contributed by atoms with Crippen LogP contribution in [0.4, 0.5) is 0 Å². The van der Waals surface area contributed by atoms with E-state index in [9.17, 15) is 13.2 Å². The minimum Gasteiger partial charge on any atom is -0.378 e. The molecular formula is C20H29N5O5S. The van der Waals surface area contributed by atoms with E-state index in [0.717, 1.165) is 31.4 Å². The lowest BCUT2D eigenvalue weighted by molar-refractivity contribution is 0.0108. The van der Waals surface area contributed by atoms with Gasteiger partial charge < -0.3 is 19.9 Å². The molecule has 5 aliphatic rings. The Labute approximate surface area is 181 Å². The molecule has 1 aliphatic carbocycles. The summed E-state index contributed by atoms with van der Waals surface area (Å²) in [5.74, 6) is 0.970. The van der Waals surface area contributed by atoms with Gasteiger partial charge in [0.2, 0.25) is 0 Å². The number of carbonyl (C=O) groups is 1. The zero-order chi connectivity index (χ0) is 21.2. The van der Waals surface area contributed by atoms with Gasteiger partial charge in [0.1, 0.15) is 5.76 Å². The number of piperazine rings is 1. The Morgan fingerprint density at radius 1 is 1.10 bits per heavy atom. The molecule has 5 atom stereocenters. The number of nitrogens with zero attached hydrogens (tertiary/aromatic N) is 3. The molecule has 170 valence electrons. The van der Waals surface area contributed by atoms with E-state index in [1.54, 1.807) is 14.7 Å². The molecule has 1 amide bonds. The lowest BCUT2D eigenvalue weighted by atomic mass is 9.99. The third-order valence-electron chi connectivity index (χ3n) is 7.29. The lowest BCUT2D eigenvalue weighted by Crippen LogP contribution is -2.66. The van der Waals surface area contributed by atoms with E-state index in [2.05, 4.69) is 15.8 Å². The maximum atomic E-state index is 13.5. The quantitative estimate of drug-likeness (QED) is 0.657. The second-order valence-corrected chi connectivity index (χ2v) is 11.5. The summed E-state index contributed by atoms with van der Waals surface area (Å²) < 4.78 is 41.3. The first-order valence-electron chi connectivity index (χ1n) is 11.4. The second kappa shape index (κ2) is 7.51. The first-order chi connectivity index (χ1) is 15.0. The molecule has 1 aromatic heterocycles. The van der Waals surface area contributed by atoms with Crippen molar-refractivity contribution in [3.05, 3.63) is 17.5 Å². The molecule has 10 nitrogen and oxygen atoms in total. The molecule has 4 aliphatic heterocycles. The highest BCUT2D eigenvalue weighted by Crippen LogP contribution is 2.41. The molecule has 6 rings (SSSR count). The van der Waals surface area contributed by atoms with E-state index < -0.39 is 10.2 Å². The molecule has 2 unspecified atom stereocenters. The number of carbonyl (C=O) groups excluding carboxylic acids is 1. The average Bonchev–Trinajstić information content (AvgIpc) is 3.39. The number of aromatic nitrogens is 1. The third kappa shape index (κ3) is 3.70. The van der Waals surface area contributed by atoms with Crippen LogP contribution in [-0.4, -0.2) is 84.6 Å². The maximum Gasteiger partial charge on any atom is 0.282 e. The molecule has 5 fully saturated rings. The topological polar surface area (TPSA) is 117 Å². The highest BCUT2D eigenvalue weighted by Gasteiger charge is 2.50. The SMILES string of the molecule is O=C(N[C@H]1C[C@H]2CC[C@@H](C1)N2S(=O)(=O)N1CC2COCC(C1)N2)c1cc(C2CC2)on1. The number of hydrogen-bond donors (Lipinski definition) is 2. The van der Waals surface area contributed by atoms with Gasteiger partial charge in [-0.3, -0.25) is 4.79 Å². The van der Waals surface area contributed by atoms with Crippen LogP contribution >= 0.6 is 0 Å². The molecule has 31 heavy (non-hydrogen) atoms. The van der Waals surface area contributed by atoms with Crippen LogP contribution in [0.1, 0.15) is 60.7 Å². The van der Waals surface area contributed by atoms with Gasteiger partial charge in [-0.15, -0.1) is 0 Å². The van der Waals surface area contributed by atoms with Crippen molar-refractivity contribution in [1.29, 1.82) is 0 Å². The predicted molar refractivity (Wildman–Crippen MR) is 110 cm³/mol. The Morgan fingerprint density at radius 3 is 2.42 bits per heavy atom. The molecule has 4 bridgehead atoms. The summed E-state index contributed by atoms with van der Waals surface area (Å²) >= 11 is 0. The molecule has 1 saturated carbocycles. The minimum absolute atomic E-state index is 0.0478. The monoisotopic (exact) mass is 451 g/mol. The molecule has 0 spiro atoms. The van der Waals surface area contributed by atoms with Gasteiger partial charge >= 0.3 is 0 Å². The van der Waals surface area contributed by atoms with Crippen LogP contribution in [0.5, 0.6) is 0 Å². The smallest absolute Gasteiger partial charge is 0.282 e. The summed E-state index contributed by atoms with van der Waals surface area (Å²) in [4.78, 5) is 12.6. The van der Waals surface area contributed by atoms with E-state index in [4.69, 9.17) is 9.26 Å². The van der Waals surface area contributed by atoms with Crippen LogP contribution in [0.25, 0.3) is 0 Å². The van der Waals surface area contributed by atoms with E-state index in [0.29, 0.717) is 50.8 Å². The fourth-order valence-electron chi connectivity index (χ4n) is 5.73. The van der Waals surface area contributed by atoms with Gasteiger partial charge in [-0.25, -0.2) is 0 Å². The number of ether oxygens (including phenoxy) is 1. The summed E-state index contributed by atoms with van der Waals surface area (Å²) in [5.41, 5.74) is 0.318. The summed E-state index contributed by atoms with van der Waals surface area (Å²) in [6.45, 7) is 2.00. The molecule has 11 heteroatoms. The second-order valence-electron chi connectivity index (χ2n) is 9.67. The van der Waals surface area contributed by atoms with Crippen molar-refractivity contribution < 1.29 is 22.5 Å². The van der Waals surface area contributed by atoms with E-state index in [-0.39, 0.29) is 36.1 Å². The molecular weight excluding hydrogens is 422 g/mol. The minimum atomic E-state index is -3.54. The van der Waals surface area contributed by atoms with Crippen LogP contribution in [0.3, 0.4) is 0 Å². The van der Waals surface area contributed by atoms with Crippen molar-refractivity contribution in [2.24, 2.45) is 0 Å². The Hall–Kier alpha value is -1.53. The van der Waals surface area contributed by atoms with Crippen molar-refractivity contribution in [3.8, 4) is 0 Å². The largest absolute Gasteiger partial charge is 0.378 e. The molecule has 2 N–H and O–H groups in total. The number of morpholine rings is 1. The zero-order valence-corrected chi connectivity index (χ0v) is 18.2. The number of piperidine rings is 1. The Balaban J connectivity index is 1.12. The molecule has 0 radical (unpaired) electrons. The maximum absolute atomic E-state index is 13.5. The number of fused-ring (bicyclic) bond motifs is 4. The van der Waals surface area contributed by atoms with Gasteiger partial charge in [-0.05, 0) is 38.5 Å². The van der Waals surface area contributed by atoms with Crippen LogP contribution in [0.15, 0.2) is 10.6 Å². The fourth-order valence-corrected chi connectivity index (χ4v) is 7.87. The van der Waals surface area contributed by atoms with Gasteiger partial charge in [0.05, 0.1) is 13.2 Å². The molecule has 5 heterocycles. The average molecular weight is 452 g/mol. The van der Waals surface area contributed by atoms with Crippen molar-refractivity contribution >= 4 is 16.1 Å². The van der Waals surface area contributed by atoms with Crippen LogP contribution < -0.4 is 10.6 Å². The van der Waals surface area contributed by atoms with E-state index in [1.807, 2.05) is 0 Å². The van der Waals surface area contributed by atoms with Crippen molar-refractivity contribution in [2.75, 3.05) is 26.3 Å². The first kappa shape index (κ1) is 20.1. The van der Waals surface area contributed by atoms with E-state index >= 15 is 0 Å². The van der Waals surface area contributed by atoms with E-state index in [1.165, 1.54) is 0 Å². The number of rotatable bonds is 5. The normalized spacial score (nSPS) is 36.5. The highest BCUT2D eigenvalue weighted by atomic mass is 32.2. The predicted octanol–water partition coefficient (Wildman–Crippen LogP) is 0.195. The Kier molecular flexibility index (Phi) is 4.87. The molecule has 1 aromatic rings. The molecule has 0 aromatic carbocycles. The van der Waals surface area contributed by atoms with Gasteiger partial charge in [0.15, 0.2) is 5.69 Å². The van der Waals surface area contributed by atoms with Gasteiger partial charge in [-0.1, -0.05) is 5.16 Å². The summed E-state index contributed by atoms with van der Waals surface area (Å²) in [6, 6.07) is 1.66. The number of hydrogen-bond acceptors (Lipinski definition) is 7. The standard InChI is InChI=1S/C20H29N5O5S/c26-20(18-7-19(30-23-18)12-1-2-12)22-13-5-16-3-4-17(6-13)25(16)31(27,28)24-8-14-10-29-11-15(9-24)21-14/h7,12-17,21H,1-6,8-11H2,(H,22,26)/t13-,14?,15?,16+,17-. The molecule has 4 saturated heterocycles. The number of nitrogens with one attached hydrogen (secondary N) is 2. The van der Waals surface area contributed by atoms with Crippen molar-refractivity contribution in [3.63, 3.8) is 0 Å². The summed E-state index contributed by atoms with van der Waals surface area (Å²) in [5, 5.41) is 10.4. The van der Waals surface area contributed by atoms with Crippen molar-refractivity contribution in [1.82, 2.24) is 24.4 Å². The van der Waals surface area contributed by atoms with Crippen LogP contribution in [-0.2, 0) is 14.9 Å². The van der Waals surface area contributed by atoms with Crippen molar-refractivity contribution in [2.45, 2.75) is 74.7 Å². The third-order valence-corrected chi connectivity index (χ3v) is 9.37. The highest BCUT2D eigenvalue weighted by molar-refractivity contribution is 7.86. The summed E-state index contributed by atoms with van der Waals surface area (Å²) in [7, 11) is -3.54. The fraction of sp³-hybridized carbons (Fsp3) is 0.800. The first-order valence-corrected chi connectivity index (χ1v) is 12.8. The van der Waals surface area contributed by atoms with Gasteiger partial charge in [0.25, 0.3) is 16.1 Å². The van der Waals surface area contributed by atoms with Gasteiger partial charge in [-0.2, -0.15) is 17.0 Å². The zero-order valence-electron chi connectivity index (χ0n) is 17.4. The van der Waals surface area contributed by atoms with Crippen LogP contribution in [0, 0.1) is 0 Å². The Morgan fingerprint density at radius 2 is 1.77 bits per heavy atom. The summed E-state index contributed by atoms with van der Waals surface area (Å²) in [6.07, 6.45) is 5.14.